The van der Waals surface area contributed by atoms with Gasteiger partial charge in [0.15, 0.2) is 0 Å². The van der Waals surface area contributed by atoms with Crippen LogP contribution in [0.5, 0.6) is 0 Å². The summed E-state index contributed by atoms with van der Waals surface area (Å²) in [6.07, 6.45) is 0. The van der Waals surface area contributed by atoms with Crippen LogP contribution in [-0.2, 0) is 0 Å². The van der Waals surface area contributed by atoms with E-state index in [9.17, 15) is 0 Å². The zero-order valence-electron chi connectivity index (χ0n) is 27.0. The van der Waals surface area contributed by atoms with Crippen LogP contribution in [0.25, 0.3) is 92.7 Å². The molecule has 10 aromatic rings. The van der Waals surface area contributed by atoms with Gasteiger partial charge in [0.25, 0.3) is 0 Å². The maximum absolute atomic E-state index is 5.19. The lowest BCUT2D eigenvalue weighted by molar-refractivity contribution is 0.995. The summed E-state index contributed by atoms with van der Waals surface area (Å²) < 4.78 is 4.87. The SMILES string of the molecule is c1ccc(-c2cc(-c3ccccc3)nc(-n3c4ccccc4c4cc(-c5cccc(-c6cccc7c6sc6ccccc67)c5)ccc43)n2)cc1. The van der Waals surface area contributed by atoms with Crippen molar-refractivity contribution in [2.24, 2.45) is 0 Å². The fraction of sp³-hybridized carbons (Fsp3) is 0. The van der Waals surface area contributed by atoms with Gasteiger partial charge in [-0.2, -0.15) is 0 Å². The van der Waals surface area contributed by atoms with Crippen molar-refractivity contribution < 1.29 is 0 Å². The number of nitrogens with zero attached hydrogens (tertiary/aromatic N) is 3. The number of benzene rings is 7. The average molecular weight is 656 g/mol. The molecule has 3 nitrogen and oxygen atoms in total. The van der Waals surface area contributed by atoms with Crippen LogP contribution < -0.4 is 0 Å². The van der Waals surface area contributed by atoms with Crippen LogP contribution in [0.3, 0.4) is 0 Å². The van der Waals surface area contributed by atoms with E-state index >= 15 is 0 Å². The molecule has 0 unspecified atom stereocenters. The third-order valence-corrected chi connectivity index (χ3v) is 10.9. The maximum atomic E-state index is 5.19. The van der Waals surface area contributed by atoms with E-state index in [4.69, 9.17) is 9.97 Å². The predicted molar refractivity (Wildman–Crippen MR) is 211 cm³/mol. The fourth-order valence-corrected chi connectivity index (χ4v) is 8.50. The highest BCUT2D eigenvalue weighted by Crippen LogP contribution is 2.41. The summed E-state index contributed by atoms with van der Waals surface area (Å²) in [5.41, 5.74) is 10.9. The Bertz CT molecular complexity index is 2810. The number of fused-ring (bicyclic) bond motifs is 6. The average Bonchev–Trinajstić information content (AvgIpc) is 3.74. The van der Waals surface area contributed by atoms with E-state index in [-0.39, 0.29) is 0 Å². The van der Waals surface area contributed by atoms with Crippen molar-refractivity contribution in [2.75, 3.05) is 0 Å². The Morgan fingerprint density at radius 3 is 1.74 bits per heavy atom. The van der Waals surface area contributed by atoms with E-state index in [1.54, 1.807) is 0 Å². The number of hydrogen-bond donors (Lipinski definition) is 0. The Hall–Kier alpha value is -6.36. The molecule has 0 N–H and O–H groups in total. The molecule has 3 heterocycles. The van der Waals surface area contributed by atoms with E-state index in [2.05, 4.69) is 168 Å². The van der Waals surface area contributed by atoms with E-state index < -0.39 is 0 Å². The summed E-state index contributed by atoms with van der Waals surface area (Å²) in [6, 6.07) is 62.5. The molecule has 0 fully saturated rings. The number of aromatic nitrogens is 3. The first kappa shape index (κ1) is 28.6. The summed E-state index contributed by atoms with van der Waals surface area (Å²) in [6.45, 7) is 0. The zero-order chi connectivity index (χ0) is 33.0. The van der Waals surface area contributed by atoms with Gasteiger partial charge in [0.1, 0.15) is 0 Å². The second kappa shape index (κ2) is 11.7. The Balaban J connectivity index is 1.14. The molecule has 0 bridgehead atoms. The van der Waals surface area contributed by atoms with Crippen molar-refractivity contribution in [3.63, 3.8) is 0 Å². The van der Waals surface area contributed by atoms with Gasteiger partial charge in [0.2, 0.25) is 5.95 Å². The van der Waals surface area contributed by atoms with Crippen LogP contribution >= 0.6 is 11.3 Å². The molecular formula is C46H29N3S. The Morgan fingerprint density at radius 1 is 0.380 bits per heavy atom. The molecule has 0 aliphatic rings. The molecular weight excluding hydrogens is 627 g/mol. The van der Waals surface area contributed by atoms with Crippen LogP contribution in [0.15, 0.2) is 176 Å². The number of para-hydroxylation sites is 1. The molecule has 0 radical (unpaired) electrons. The van der Waals surface area contributed by atoms with Crippen molar-refractivity contribution in [3.8, 4) is 50.7 Å². The molecule has 3 aromatic heterocycles. The molecule has 0 saturated carbocycles. The van der Waals surface area contributed by atoms with Crippen LogP contribution in [0, 0.1) is 0 Å². The summed E-state index contributed by atoms with van der Waals surface area (Å²) in [4.78, 5) is 10.4. The third-order valence-electron chi connectivity index (χ3n) is 9.64. The highest BCUT2D eigenvalue weighted by Gasteiger charge is 2.18. The molecule has 0 spiro atoms. The van der Waals surface area contributed by atoms with Crippen LogP contribution in [0.1, 0.15) is 0 Å². The normalized spacial score (nSPS) is 11.6. The quantitative estimate of drug-likeness (QED) is 0.185. The largest absolute Gasteiger partial charge is 0.278 e. The Morgan fingerprint density at radius 2 is 0.960 bits per heavy atom. The van der Waals surface area contributed by atoms with Gasteiger partial charge < -0.3 is 0 Å². The predicted octanol–water partition coefficient (Wildman–Crippen LogP) is 12.6. The standard InChI is InChI=1S/C46H29N3S/c1-3-13-30(14-4-1)40-29-41(31-15-5-2-6-16-31)48-46(47-40)49-42-23-9-7-19-36(42)39-28-33(25-26-43(39)49)32-17-11-18-34(27-32)35-21-12-22-38-37-20-8-10-24-44(37)50-45(35)38/h1-29H. The third kappa shape index (κ3) is 4.73. The molecule has 10 rings (SSSR count). The molecule has 0 amide bonds. The Kier molecular flexibility index (Phi) is 6.68. The molecule has 0 atom stereocenters. The van der Waals surface area contributed by atoms with Crippen LogP contribution in [-0.4, -0.2) is 14.5 Å². The smallest absolute Gasteiger partial charge is 0.235 e. The maximum Gasteiger partial charge on any atom is 0.235 e. The van der Waals surface area contributed by atoms with Crippen molar-refractivity contribution >= 4 is 53.3 Å². The topological polar surface area (TPSA) is 30.7 Å². The van der Waals surface area contributed by atoms with Gasteiger partial charge in [0, 0.05) is 42.1 Å². The molecule has 0 aliphatic carbocycles. The fourth-order valence-electron chi connectivity index (χ4n) is 7.26. The van der Waals surface area contributed by atoms with Gasteiger partial charge in [-0.25, -0.2) is 9.97 Å². The Labute approximate surface area is 293 Å². The monoisotopic (exact) mass is 655 g/mol. The summed E-state index contributed by atoms with van der Waals surface area (Å²) in [5.74, 6) is 0.655. The highest BCUT2D eigenvalue weighted by atomic mass is 32.1. The van der Waals surface area contributed by atoms with Crippen molar-refractivity contribution in [3.05, 3.63) is 176 Å². The van der Waals surface area contributed by atoms with Gasteiger partial charge >= 0.3 is 0 Å². The first-order valence-corrected chi connectivity index (χ1v) is 17.6. The number of hydrogen-bond acceptors (Lipinski definition) is 3. The second-order valence-corrected chi connectivity index (χ2v) is 13.7. The van der Waals surface area contributed by atoms with E-state index in [1.165, 1.54) is 53.2 Å². The van der Waals surface area contributed by atoms with E-state index in [0.29, 0.717) is 5.95 Å². The van der Waals surface area contributed by atoms with E-state index in [0.717, 1.165) is 33.5 Å². The number of thiophene rings is 1. The van der Waals surface area contributed by atoms with Crippen molar-refractivity contribution in [1.29, 1.82) is 0 Å². The van der Waals surface area contributed by atoms with Gasteiger partial charge in [0.05, 0.1) is 22.4 Å². The van der Waals surface area contributed by atoms with Gasteiger partial charge in [-0.05, 0) is 58.7 Å². The lowest BCUT2D eigenvalue weighted by Crippen LogP contribution is -2.03. The van der Waals surface area contributed by atoms with Gasteiger partial charge in [-0.3, -0.25) is 4.57 Å². The van der Waals surface area contributed by atoms with Crippen LogP contribution in [0.4, 0.5) is 0 Å². The second-order valence-electron chi connectivity index (χ2n) is 12.6. The summed E-state index contributed by atoms with van der Waals surface area (Å²) >= 11 is 1.87. The van der Waals surface area contributed by atoms with Crippen molar-refractivity contribution in [2.45, 2.75) is 0 Å². The summed E-state index contributed by atoms with van der Waals surface area (Å²) in [7, 11) is 0. The molecule has 0 aliphatic heterocycles. The molecule has 0 saturated heterocycles. The molecule has 234 valence electrons. The van der Waals surface area contributed by atoms with Crippen LogP contribution in [0.2, 0.25) is 0 Å². The molecule has 7 aromatic carbocycles. The first-order valence-electron chi connectivity index (χ1n) is 16.8. The minimum Gasteiger partial charge on any atom is -0.278 e. The zero-order valence-corrected chi connectivity index (χ0v) is 27.8. The molecule has 50 heavy (non-hydrogen) atoms. The lowest BCUT2D eigenvalue weighted by atomic mass is 9.97. The van der Waals surface area contributed by atoms with Gasteiger partial charge in [-0.1, -0.05) is 140 Å². The van der Waals surface area contributed by atoms with Gasteiger partial charge in [-0.15, -0.1) is 11.3 Å². The summed E-state index contributed by atoms with van der Waals surface area (Å²) in [5, 5.41) is 4.98. The highest BCUT2D eigenvalue weighted by molar-refractivity contribution is 7.26. The van der Waals surface area contributed by atoms with E-state index in [1.807, 2.05) is 23.5 Å². The minimum atomic E-state index is 0.655. The number of rotatable bonds is 5. The van der Waals surface area contributed by atoms with Crippen molar-refractivity contribution in [1.82, 2.24) is 14.5 Å². The minimum absolute atomic E-state index is 0.655. The molecule has 4 heteroatoms. The first-order chi connectivity index (χ1) is 24.8. The lowest BCUT2D eigenvalue weighted by Gasteiger charge is -2.12.